The fourth-order valence-electron chi connectivity index (χ4n) is 11.4. The number of carboxylic acid groups (broad SMARTS) is 2. The predicted molar refractivity (Wildman–Crippen MR) is 313 cm³/mol. The highest BCUT2D eigenvalue weighted by Gasteiger charge is 2.46. The summed E-state index contributed by atoms with van der Waals surface area (Å²) in [5, 5.41) is 22.9. The average molecular weight is 1150 g/mol. The van der Waals surface area contributed by atoms with Gasteiger partial charge < -0.3 is 39.3 Å². The van der Waals surface area contributed by atoms with E-state index in [1.54, 1.807) is 21.9 Å². The molecule has 78 heavy (non-hydrogen) atoms. The van der Waals surface area contributed by atoms with E-state index in [1.807, 2.05) is 60.7 Å². The quantitative estimate of drug-likeness (QED) is 0.0499. The lowest BCUT2D eigenvalue weighted by Crippen LogP contribution is -2.54. The third-order valence-corrected chi connectivity index (χ3v) is 17.6. The SMILES string of the molecule is O=C(O)CCCCCCCCCC(CN1C(=O)CCc2ccc(OCCCCN3CCN(c4cccc(Cl)c4Cl)CC3)cc21)(CN1C(=O)CCc2ccc(OCCCCN3CCN(c4cccc(Cl)c4Cl)CC3)cc21)C(=O)O. The van der Waals surface area contributed by atoms with Crippen molar-refractivity contribution in [1.29, 1.82) is 0 Å². The number of fused-ring (bicyclic) bond motifs is 2. The van der Waals surface area contributed by atoms with E-state index in [-0.39, 0.29) is 50.6 Å². The number of carbonyl (C=O) groups is 4. The van der Waals surface area contributed by atoms with E-state index < -0.39 is 17.4 Å². The molecule has 0 bridgehead atoms. The van der Waals surface area contributed by atoms with Crippen molar-refractivity contribution in [3.05, 3.63) is 104 Å². The van der Waals surface area contributed by atoms with Crippen molar-refractivity contribution in [3.8, 4) is 11.5 Å². The van der Waals surface area contributed by atoms with Crippen LogP contribution >= 0.6 is 46.4 Å². The normalized spacial score (nSPS) is 16.4. The van der Waals surface area contributed by atoms with Crippen LogP contribution in [0.25, 0.3) is 0 Å². The van der Waals surface area contributed by atoms with Gasteiger partial charge in [-0.3, -0.25) is 29.0 Å². The summed E-state index contributed by atoms with van der Waals surface area (Å²) in [6.45, 7) is 9.80. The van der Waals surface area contributed by atoms with E-state index in [9.17, 15) is 24.3 Å². The van der Waals surface area contributed by atoms with Crippen LogP contribution in [0.15, 0.2) is 72.8 Å². The van der Waals surface area contributed by atoms with Gasteiger partial charge in [-0.2, -0.15) is 0 Å². The summed E-state index contributed by atoms with van der Waals surface area (Å²) in [7, 11) is 0. The van der Waals surface area contributed by atoms with Crippen molar-refractivity contribution >= 4 is 92.9 Å². The van der Waals surface area contributed by atoms with E-state index in [0.717, 1.165) is 146 Å². The molecule has 0 unspecified atom stereocenters. The lowest BCUT2D eigenvalue weighted by atomic mass is 9.79. The molecule has 4 aliphatic heterocycles. The molecular formula is C60H76Cl4N6O8. The standard InChI is InChI=1S/C60H76Cl4N6O8/c61-48-14-12-16-50(57(48)63)67-34-30-65(31-35-67)28-8-10-38-77-46-23-19-44-21-25-54(71)69(52(44)40-46)42-60(59(75)76,27-7-5-3-1-2-4-6-18-56(73)74)43-70-53-41-47(24-20-45(53)22-26-55(70)72)78-39-11-9-29-66-32-36-68(37-33-66)51-17-13-15-49(62)58(51)64/h12-17,19-20,23-24,40-41H,1-11,18,21-22,25-39,42-43H2,(H,73,74)(H,75,76). The van der Waals surface area contributed by atoms with Gasteiger partial charge in [-0.05, 0) is 112 Å². The lowest BCUT2D eigenvalue weighted by Gasteiger charge is -2.42. The van der Waals surface area contributed by atoms with Crippen molar-refractivity contribution in [1.82, 2.24) is 9.80 Å². The molecule has 422 valence electrons. The minimum absolute atomic E-state index is 0.109. The van der Waals surface area contributed by atoms with Gasteiger partial charge in [0.25, 0.3) is 0 Å². The Hall–Kier alpha value is -4.96. The van der Waals surface area contributed by atoms with E-state index in [4.69, 9.17) is 61.0 Å². The minimum atomic E-state index is -1.51. The second kappa shape index (κ2) is 29.0. The number of rotatable bonds is 29. The molecule has 14 nitrogen and oxygen atoms in total. The molecule has 0 aliphatic carbocycles. The monoisotopic (exact) mass is 1150 g/mol. The first kappa shape index (κ1) is 59.2. The maximum Gasteiger partial charge on any atom is 0.313 e. The average Bonchev–Trinajstić information content (AvgIpc) is 3.46. The highest BCUT2D eigenvalue weighted by Crippen LogP contribution is 2.41. The Bertz CT molecular complexity index is 2520. The zero-order valence-corrected chi connectivity index (χ0v) is 47.9. The zero-order chi connectivity index (χ0) is 55.0. The number of piperazine rings is 2. The Morgan fingerprint density at radius 2 is 0.936 bits per heavy atom. The number of halogens is 4. The Kier molecular flexibility index (Phi) is 22.0. The fourth-order valence-corrected chi connectivity index (χ4v) is 12.2. The fraction of sp³-hybridized carbons (Fsp3) is 0.533. The van der Waals surface area contributed by atoms with E-state index in [0.29, 0.717) is 81.9 Å². The van der Waals surface area contributed by atoms with Gasteiger partial charge in [-0.1, -0.05) is 109 Å². The number of carboxylic acids is 2. The van der Waals surface area contributed by atoms with Gasteiger partial charge in [0.2, 0.25) is 11.8 Å². The molecule has 8 rings (SSSR count). The summed E-state index contributed by atoms with van der Waals surface area (Å²) >= 11 is 25.6. The molecule has 4 aromatic carbocycles. The third-order valence-electron chi connectivity index (χ3n) is 16.0. The minimum Gasteiger partial charge on any atom is -0.494 e. The molecule has 2 fully saturated rings. The highest BCUT2D eigenvalue weighted by atomic mass is 35.5. The molecule has 0 aromatic heterocycles. The number of carbonyl (C=O) groups excluding carboxylic acids is 2. The van der Waals surface area contributed by atoms with Crippen molar-refractivity contribution in [2.75, 3.05) is 111 Å². The number of anilines is 4. The molecule has 4 aliphatic rings. The highest BCUT2D eigenvalue weighted by molar-refractivity contribution is 6.44. The van der Waals surface area contributed by atoms with E-state index in [2.05, 4.69) is 19.6 Å². The molecule has 0 saturated carbocycles. The van der Waals surface area contributed by atoms with Crippen molar-refractivity contribution in [2.24, 2.45) is 5.41 Å². The van der Waals surface area contributed by atoms with E-state index >= 15 is 0 Å². The van der Waals surface area contributed by atoms with Gasteiger partial charge in [0.15, 0.2) is 0 Å². The predicted octanol–water partition coefficient (Wildman–Crippen LogP) is 12.2. The Balaban J connectivity index is 0.894. The number of aliphatic carboxylic acids is 2. The Labute approximate surface area is 480 Å². The van der Waals surface area contributed by atoms with Gasteiger partial charge in [-0.15, -0.1) is 0 Å². The number of hydrogen-bond donors (Lipinski definition) is 2. The van der Waals surface area contributed by atoms with Crippen molar-refractivity contribution < 1.29 is 38.9 Å². The number of ether oxygens (including phenoxy) is 2. The third kappa shape index (κ3) is 15.9. The summed E-state index contributed by atoms with van der Waals surface area (Å²) in [5.41, 5.74) is 3.63. The molecule has 4 heterocycles. The number of nitrogens with zero attached hydrogens (tertiary/aromatic N) is 6. The summed E-state index contributed by atoms with van der Waals surface area (Å²) in [4.78, 5) is 66.1. The van der Waals surface area contributed by atoms with Crippen molar-refractivity contribution in [3.63, 3.8) is 0 Å². The van der Waals surface area contributed by atoms with Gasteiger partial charge >= 0.3 is 11.9 Å². The largest absolute Gasteiger partial charge is 0.494 e. The van der Waals surface area contributed by atoms with Crippen molar-refractivity contribution in [2.45, 2.75) is 109 Å². The summed E-state index contributed by atoms with van der Waals surface area (Å²) in [6, 6.07) is 23.1. The number of unbranched alkanes of at least 4 members (excludes halogenated alkanes) is 8. The Morgan fingerprint density at radius 3 is 1.37 bits per heavy atom. The molecule has 0 radical (unpaired) electrons. The lowest BCUT2D eigenvalue weighted by molar-refractivity contribution is -0.148. The maximum atomic E-state index is 14.1. The first-order valence-electron chi connectivity index (χ1n) is 28.2. The van der Waals surface area contributed by atoms with Crippen LogP contribution < -0.4 is 29.1 Å². The molecule has 0 atom stereocenters. The first-order valence-corrected chi connectivity index (χ1v) is 29.7. The molecule has 2 amide bonds. The number of benzene rings is 4. The Morgan fingerprint density at radius 1 is 0.500 bits per heavy atom. The molecular weight excluding hydrogens is 1070 g/mol. The summed E-state index contributed by atoms with van der Waals surface area (Å²) < 4.78 is 12.7. The second-order valence-electron chi connectivity index (χ2n) is 21.4. The molecule has 4 aromatic rings. The van der Waals surface area contributed by atoms with Crippen LogP contribution in [0.2, 0.25) is 20.1 Å². The maximum absolute atomic E-state index is 14.1. The molecule has 2 N–H and O–H groups in total. The van der Waals surface area contributed by atoms with Gasteiger partial charge in [-0.25, -0.2) is 0 Å². The zero-order valence-electron chi connectivity index (χ0n) is 44.9. The summed E-state index contributed by atoms with van der Waals surface area (Å²) in [5.74, 6) is -0.918. The van der Waals surface area contributed by atoms with Crippen LogP contribution in [0.3, 0.4) is 0 Å². The van der Waals surface area contributed by atoms with Crippen LogP contribution in [-0.4, -0.2) is 136 Å². The van der Waals surface area contributed by atoms with Gasteiger partial charge in [0, 0.05) is 96.8 Å². The van der Waals surface area contributed by atoms with Gasteiger partial charge in [0.05, 0.1) is 56.1 Å². The number of amides is 2. The van der Waals surface area contributed by atoms with Crippen LogP contribution in [0.5, 0.6) is 11.5 Å². The second-order valence-corrected chi connectivity index (χ2v) is 23.0. The first-order chi connectivity index (χ1) is 37.8. The van der Waals surface area contributed by atoms with E-state index in [1.165, 1.54) is 0 Å². The van der Waals surface area contributed by atoms with Gasteiger partial charge in [0.1, 0.15) is 16.9 Å². The number of hydrogen-bond acceptors (Lipinski definition) is 10. The number of aryl methyl sites for hydroxylation is 2. The summed E-state index contributed by atoms with van der Waals surface area (Å²) in [6.07, 6.45) is 11.0. The molecule has 0 spiro atoms. The molecule has 18 heteroatoms. The van der Waals surface area contributed by atoms with Crippen LogP contribution in [0.4, 0.5) is 22.7 Å². The van der Waals surface area contributed by atoms with Crippen LogP contribution in [-0.2, 0) is 32.0 Å². The molecule has 2 saturated heterocycles. The smallest absolute Gasteiger partial charge is 0.313 e. The van der Waals surface area contributed by atoms with Crippen LogP contribution in [0.1, 0.15) is 107 Å². The van der Waals surface area contributed by atoms with Crippen LogP contribution in [0, 0.1) is 5.41 Å². The topological polar surface area (TPSA) is 147 Å².